The lowest BCUT2D eigenvalue weighted by molar-refractivity contribution is -0.136. The van der Waals surface area contributed by atoms with Crippen LogP contribution in [0.15, 0.2) is 29.6 Å². The maximum atomic E-state index is 12.6. The predicted octanol–water partition coefficient (Wildman–Crippen LogP) is 3.92. The first-order valence-corrected chi connectivity index (χ1v) is 8.49. The van der Waals surface area contributed by atoms with E-state index in [4.69, 9.17) is 16.3 Å². The lowest BCUT2D eigenvalue weighted by Crippen LogP contribution is -2.38. The minimum atomic E-state index is -0.142. The van der Waals surface area contributed by atoms with Crippen LogP contribution in [0.1, 0.15) is 16.0 Å². The van der Waals surface area contributed by atoms with E-state index in [9.17, 15) is 4.79 Å². The summed E-state index contributed by atoms with van der Waals surface area (Å²) in [6, 6.07) is 7.66. The topological polar surface area (TPSA) is 29.5 Å². The van der Waals surface area contributed by atoms with Crippen LogP contribution in [0, 0.1) is 12.8 Å². The Hall–Kier alpha value is -1.52. The number of ether oxygens (including phenoxy) is 1. The molecule has 22 heavy (non-hydrogen) atoms. The molecule has 3 nitrogen and oxygen atoms in total. The van der Waals surface area contributed by atoms with Gasteiger partial charge in [0, 0.05) is 16.9 Å². The van der Waals surface area contributed by atoms with E-state index in [1.54, 1.807) is 16.2 Å². The van der Waals surface area contributed by atoms with Gasteiger partial charge in [0.1, 0.15) is 12.4 Å². The van der Waals surface area contributed by atoms with Crippen LogP contribution in [0.25, 0.3) is 0 Å². The van der Waals surface area contributed by atoms with Crippen LogP contribution in [-0.2, 0) is 17.8 Å². The summed E-state index contributed by atoms with van der Waals surface area (Å²) >= 11 is 7.72. The number of thiophene rings is 1. The van der Waals surface area contributed by atoms with Crippen molar-refractivity contribution in [2.24, 2.45) is 5.92 Å². The van der Waals surface area contributed by atoms with Gasteiger partial charge in [-0.05, 0) is 54.1 Å². The molecule has 2 aromatic rings. The number of aryl methyl sites for hydroxylation is 1. The van der Waals surface area contributed by atoms with Crippen LogP contribution in [0.3, 0.4) is 0 Å². The Labute approximate surface area is 139 Å². The molecule has 2 heterocycles. The summed E-state index contributed by atoms with van der Waals surface area (Å²) in [5.41, 5.74) is 2.25. The molecule has 0 bridgehead atoms. The summed E-state index contributed by atoms with van der Waals surface area (Å²) in [4.78, 5) is 15.7. The molecule has 0 spiro atoms. The third-order valence-corrected chi connectivity index (χ3v) is 5.25. The van der Waals surface area contributed by atoms with E-state index in [-0.39, 0.29) is 11.8 Å². The summed E-state index contributed by atoms with van der Waals surface area (Å²) in [7, 11) is 1.86. The third kappa shape index (κ3) is 3.13. The fourth-order valence-corrected chi connectivity index (χ4v) is 3.85. The van der Waals surface area contributed by atoms with Crippen molar-refractivity contribution in [1.82, 2.24) is 4.90 Å². The largest absolute Gasteiger partial charge is 0.492 e. The normalized spacial score (nSPS) is 16.8. The highest BCUT2D eigenvalue weighted by Gasteiger charge is 2.28. The Kier molecular flexibility index (Phi) is 4.41. The van der Waals surface area contributed by atoms with Gasteiger partial charge in [-0.1, -0.05) is 11.6 Å². The quantitative estimate of drug-likeness (QED) is 0.850. The van der Waals surface area contributed by atoms with Crippen LogP contribution in [0.5, 0.6) is 5.75 Å². The standard InChI is InChI=1S/C17H18ClNO2S/c1-11-5-6-22-16(11)9-19(2)17(20)13-7-12-8-14(18)3-4-15(12)21-10-13/h3-6,8,13H,7,9-10H2,1-2H3/t13-/m0/s1. The van der Waals surface area contributed by atoms with Crippen LogP contribution in [-0.4, -0.2) is 24.5 Å². The molecule has 1 atom stereocenters. The van der Waals surface area contributed by atoms with Crippen LogP contribution < -0.4 is 4.74 Å². The molecular formula is C17H18ClNO2S. The SMILES string of the molecule is Cc1ccsc1CN(C)C(=O)[C@@H]1COc2ccc(Cl)cc2C1. The number of nitrogens with zero attached hydrogens (tertiary/aromatic N) is 1. The number of carbonyl (C=O) groups is 1. The molecule has 1 aliphatic rings. The molecule has 1 aromatic heterocycles. The minimum absolute atomic E-state index is 0.124. The number of amides is 1. The van der Waals surface area contributed by atoms with Gasteiger partial charge in [0.2, 0.25) is 5.91 Å². The van der Waals surface area contributed by atoms with Crippen LogP contribution in [0.2, 0.25) is 5.02 Å². The van der Waals surface area contributed by atoms with Crippen molar-refractivity contribution in [2.45, 2.75) is 19.9 Å². The van der Waals surface area contributed by atoms with Crippen molar-refractivity contribution in [3.63, 3.8) is 0 Å². The summed E-state index contributed by atoms with van der Waals surface area (Å²) in [6.45, 7) is 3.16. The molecule has 1 aromatic carbocycles. The van der Waals surface area contributed by atoms with Crippen molar-refractivity contribution >= 4 is 28.8 Å². The summed E-state index contributed by atoms with van der Waals surface area (Å²) in [6.07, 6.45) is 0.683. The fourth-order valence-electron chi connectivity index (χ4n) is 2.69. The Bertz CT molecular complexity index is 698. The van der Waals surface area contributed by atoms with E-state index >= 15 is 0 Å². The number of halogens is 1. The molecule has 0 aliphatic carbocycles. The Morgan fingerprint density at radius 2 is 2.27 bits per heavy atom. The van der Waals surface area contributed by atoms with Crippen molar-refractivity contribution in [3.8, 4) is 5.75 Å². The number of fused-ring (bicyclic) bond motifs is 1. The lowest BCUT2D eigenvalue weighted by atomic mass is 9.95. The number of benzene rings is 1. The zero-order chi connectivity index (χ0) is 15.7. The van der Waals surface area contributed by atoms with E-state index in [2.05, 4.69) is 18.4 Å². The van der Waals surface area contributed by atoms with E-state index in [0.29, 0.717) is 24.6 Å². The highest BCUT2D eigenvalue weighted by atomic mass is 35.5. The molecule has 5 heteroatoms. The summed E-state index contributed by atoms with van der Waals surface area (Å²) in [5, 5.41) is 2.74. The van der Waals surface area contributed by atoms with Gasteiger partial charge >= 0.3 is 0 Å². The second kappa shape index (κ2) is 6.31. The van der Waals surface area contributed by atoms with Gasteiger partial charge in [-0.3, -0.25) is 4.79 Å². The minimum Gasteiger partial charge on any atom is -0.492 e. The number of carbonyl (C=O) groups excluding carboxylic acids is 1. The Morgan fingerprint density at radius 1 is 1.45 bits per heavy atom. The fraction of sp³-hybridized carbons (Fsp3) is 0.353. The maximum absolute atomic E-state index is 12.6. The highest BCUT2D eigenvalue weighted by Crippen LogP contribution is 2.30. The van der Waals surface area contributed by atoms with Crippen molar-refractivity contribution in [1.29, 1.82) is 0 Å². The molecule has 0 saturated heterocycles. The van der Waals surface area contributed by atoms with Crippen LogP contribution in [0.4, 0.5) is 0 Å². The number of hydrogen-bond acceptors (Lipinski definition) is 3. The predicted molar refractivity (Wildman–Crippen MR) is 89.7 cm³/mol. The molecule has 0 unspecified atom stereocenters. The molecule has 3 rings (SSSR count). The third-order valence-electron chi connectivity index (χ3n) is 4.00. The molecule has 0 saturated carbocycles. The number of hydrogen-bond donors (Lipinski definition) is 0. The lowest BCUT2D eigenvalue weighted by Gasteiger charge is -2.28. The molecule has 0 fully saturated rings. The van der Waals surface area contributed by atoms with Crippen molar-refractivity contribution < 1.29 is 9.53 Å². The van der Waals surface area contributed by atoms with E-state index in [1.165, 1.54) is 10.4 Å². The Balaban J connectivity index is 1.69. The van der Waals surface area contributed by atoms with Gasteiger partial charge in [0.25, 0.3) is 0 Å². The molecule has 116 valence electrons. The van der Waals surface area contributed by atoms with Gasteiger partial charge in [-0.2, -0.15) is 0 Å². The first kappa shape index (κ1) is 15.4. The van der Waals surface area contributed by atoms with E-state index in [1.807, 2.05) is 25.2 Å². The van der Waals surface area contributed by atoms with Crippen molar-refractivity contribution in [2.75, 3.05) is 13.7 Å². The average molecular weight is 336 g/mol. The second-order valence-corrected chi connectivity index (χ2v) is 7.12. The van der Waals surface area contributed by atoms with Crippen molar-refractivity contribution in [3.05, 3.63) is 50.7 Å². The summed E-state index contributed by atoms with van der Waals surface area (Å²) in [5.74, 6) is 0.819. The molecule has 1 aliphatic heterocycles. The molecular weight excluding hydrogens is 318 g/mol. The monoisotopic (exact) mass is 335 g/mol. The zero-order valence-corrected chi connectivity index (χ0v) is 14.2. The summed E-state index contributed by atoms with van der Waals surface area (Å²) < 4.78 is 5.72. The Morgan fingerprint density at radius 3 is 3.00 bits per heavy atom. The number of rotatable bonds is 3. The molecule has 0 radical (unpaired) electrons. The van der Waals surface area contributed by atoms with E-state index in [0.717, 1.165) is 11.3 Å². The zero-order valence-electron chi connectivity index (χ0n) is 12.6. The van der Waals surface area contributed by atoms with E-state index < -0.39 is 0 Å². The highest BCUT2D eigenvalue weighted by molar-refractivity contribution is 7.10. The molecule has 0 N–H and O–H groups in total. The van der Waals surface area contributed by atoms with Crippen LogP contribution >= 0.6 is 22.9 Å². The maximum Gasteiger partial charge on any atom is 0.229 e. The van der Waals surface area contributed by atoms with Gasteiger partial charge in [-0.15, -0.1) is 11.3 Å². The van der Waals surface area contributed by atoms with Gasteiger partial charge in [-0.25, -0.2) is 0 Å². The average Bonchev–Trinajstić information content (AvgIpc) is 2.90. The van der Waals surface area contributed by atoms with Gasteiger partial charge < -0.3 is 9.64 Å². The second-order valence-electron chi connectivity index (χ2n) is 5.69. The first-order valence-electron chi connectivity index (χ1n) is 7.24. The smallest absolute Gasteiger partial charge is 0.229 e. The van der Waals surface area contributed by atoms with Gasteiger partial charge in [0.15, 0.2) is 0 Å². The van der Waals surface area contributed by atoms with Gasteiger partial charge in [0.05, 0.1) is 12.5 Å². The molecule has 1 amide bonds. The first-order chi connectivity index (χ1) is 10.5.